The number of hydrogen-bond acceptors (Lipinski definition) is 6. The molecular formula is C26H20N2O4. The summed E-state index contributed by atoms with van der Waals surface area (Å²) in [5.74, 6) is -0.597. The van der Waals surface area contributed by atoms with E-state index in [1.165, 1.54) is 0 Å². The van der Waals surface area contributed by atoms with Gasteiger partial charge in [0, 0.05) is 11.4 Å². The third-order valence-corrected chi connectivity index (χ3v) is 4.64. The average Bonchev–Trinajstić information content (AvgIpc) is 2.82. The standard InChI is InChI=1S/C26H20N2O4/c1-17-13-15-21(31-25(29)19-9-5-3-6-10-19)23(27-17)24-22(16-14-18(2)28-24)32-26(30)20-11-7-4-8-12-20/h3-16H,1-2H3. The Morgan fingerprint density at radius 1 is 0.562 bits per heavy atom. The maximum atomic E-state index is 12.6. The van der Waals surface area contributed by atoms with E-state index in [2.05, 4.69) is 9.97 Å². The molecule has 158 valence electrons. The summed E-state index contributed by atoms with van der Waals surface area (Å²) in [7, 11) is 0. The second-order valence-electron chi connectivity index (χ2n) is 7.11. The number of ether oxygens (including phenoxy) is 2. The number of carbonyl (C=O) groups excluding carboxylic acids is 2. The third kappa shape index (κ3) is 4.70. The van der Waals surface area contributed by atoms with Gasteiger partial charge in [-0.15, -0.1) is 0 Å². The van der Waals surface area contributed by atoms with Crippen LogP contribution in [0.3, 0.4) is 0 Å². The molecule has 2 heterocycles. The van der Waals surface area contributed by atoms with Crippen molar-refractivity contribution in [3.63, 3.8) is 0 Å². The molecule has 0 aliphatic heterocycles. The largest absolute Gasteiger partial charge is 0.421 e. The van der Waals surface area contributed by atoms with Gasteiger partial charge in [0.15, 0.2) is 11.5 Å². The van der Waals surface area contributed by atoms with Crippen molar-refractivity contribution in [2.75, 3.05) is 0 Å². The number of rotatable bonds is 5. The molecule has 4 aromatic rings. The molecule has 0 spiro atoms. The smallest absolute Gasteiger partial charge is 0.343 e. The van der Waals surface area contributed by atoms with Crippen molar-refractivity contribution < 1.29 is 19.1 Å². The Labute approximate surface area is 185 Å². The van der Waals surface area contributed by atoms with Gasteiger partial charge in [0.25, 0.3) is 0 Å². The summed E-state index contributed by atoms with van der Waals surface area (Å²) in [6.07, 6.45) is 0. The molecule has 6 heteroatoms. The molecule has 2 aromatic carbocycles. The van der Waals surface area contributed by atoms with E-state index < -0.39 is 11.9 Å². The molecule has 0 saturated heterocycles. The highest BCUT2D eigenvalue weighted by molar-refractivity contribution is 5.93. The van der Waals surface area contributed by atoms with Gasteiger partial charge in [-0.2, -0.15) is 0 Å². The van der Waals surface area contributed by atoms with Crippen molar-refractivity contribution in [2.24, 2.45) is 0 Å². The quantitative estimate of drug-likeness (QED) is 0.410. The zero-order chi connectivity index (χ0) is 22.5. The number of benzene rings is 2. The van der Waals surface area contributed by atoms with Crippen LogP contribution in [-0.4, -0.2) is 21.9 Å². The van der Waals surface area contributed by atoms with Crippen LogP contribution >= 0.6 is 0 Å². The number of pyridine rings is 2. The SMILES string of the molecule is Cc1ccc(OC(=O)c2ccccc2)c(-c2nc(C)ccc2OC(=O)c2ccccc2)n1. The Balaban J connectivity index is 1.73. The predicted octanol–water partition coefficient (Wildman–Crippen LogP) is 5.20. The molecule has 4 rings (SSSR count). The molecule has 6 nitrogen and oxygen atoms in total. The summed E-state index contributed by atoms with van der Waals surface area (Å²) >= 11 is 0. The van der Waals surface area contributed by atoms with Crippen LogP contribution in [0.15, 0.2) is 84.9 Å². The van der Waals surface area contributed by atoms with E-state index in [1.54, 1.807) is 72.8 Å². The lowest BCUT2D eigenvalue weighted by molar-refractivity contribution is 0.0722. The molecule has 0 amide bonds. The van der Waals surface area contributed by atoms with Gasteiger partial charge >= 0.3 is 11.9 Å². The van der Waals surface area contributed by atoms with Gasteiger partial charge in [0.2, 0.25) is 0 Å². The minimum atomic E-state index is -0.520. The Hall–Kier alpha value is -4.32. The van der Waals surface area contributed by atoms with Crippen LogP contribution in [0.25, 0.3) is 11.4 Å². The first-order valence-corrected chi connectivity index (χ1v) is 10.0. The van der Waals surface area contributed by atoms with Gasteiger partial charge in [0.05, 0.1) is 11.1 Å². The minimum absolute atomic E-state index is 0.222. The normalized spacial score (nSPS) is 10.4. The van der Waals surface area contributed by atoms with E-state index in [4.69, 9.17) is 9.47 Å². The summed E-state index contributed by atoms with van der Waals surface area (Å²) in [5, 5.41) is 0. The lowest BCUT2D eigenvalue weighted by Gasteiger charge is -2.14. The highest BCUT2D eigenvalue weighted by Crippen LogP contribution is 2.34. The van der Waals surface area contributed by atoms with Gasteiger partial charge < -0.3 is 9.47 Å². The molecule has 0 saturated carbocycles. The third-order valence-electron chi connectivity index (χ3n) is 4.64. The molecule has 2 aromatic heterocycles. The number of hydrogen-bond donors (Lipinski definition) is 0. The highest BCUT2D eigenvalue weighted by Gasteiger charge is 2.21. The van der Waals surface area contributed by atoms with E-state index >= 15 is 0 Å². The summed E-state index contributed by atoms with van der Waals surface area (Å²) in [6, 6.07) is 24.1. The van der Waals surface area contributed by atoms with Crippen molar-refractivity contribution in [2.45, 2.75) is 13.8 Å². The number of aromatic nitrogens is 2. The lowest BCUT2D eigenvalue weighted by Crippen LogP contribution is -2.12. The van der Waals surface area contributed by atoms with Crippen molar-refractivity contribution in [1.82, 2.24) is 9.97 Å². The molecule has 32 heavy (non-hydrogen) atoms. The molecule has 0 bridgehead atoms. The van der Waals surface area contributed by atoms with E-state index in [9.17, 15) is 9.59 Å². The maximum Gasteiger partial charge on any atom is 0.343 e. The molecule has 0 unspecified atom stereocenters. The van der Waals surface area contributed by atoms with Crippen LogP contribution in [-0.2, 0) is 0 Å². The molecule has 0 atom stereocenters. The van der Waals surface area contributed by atoms with Gasteiger partial charge in [-0.3, -0.25) is 0 Å². The monoisotopic (exact) mass is 424 g/mol. The maximum absolute atomic E-state index is 12.6. The summed E-state index contributed by atoms with van der Waals surface area (Å²) in [5.41, 5.74) is 2.84. The average molecular weight is 424 g/mol. The fourth-order valence-electron chi connectivity index (χ4n) is 3.06. The van der Waals surface area contributed by atoms with Crippen molar-refractivity contribution in [1.29, 1.82) is 0 Å². The van der Waals surface area contributed by atoms with E-state index in [-0.39, 0.29) is 11.5 Å². The fourth-order valence-corrected chi connectivity index (χ4v) is 3.06. The van der Waals surface area contributed by atoms with Crippen LogP contribution in [0.5, 0.6) is 11.5 Å². The summed E-state index contributed by atoms with van der Waals surface area (Å²) in [6.45, 7) is 3.63. The first-order chi connectivity index (χ1) is 15.5. The van der Waals surface area contributed by atoms with Crippen molar-refractivity contribution >= 4 is 11.9 Å². The molecule has 0 fully saturated rings. The first-order valence-electron chi connectivity index (χ1n) is 10.0. The first kappa shape index (κ1) is 20.9. The number of carbonyl (C=O) groups is 2. The molecule has 0 N–H and O–H groups in total. The van der Waals surface area contributed by atoms with Gasteiger partial charge in [-0.25, -0.2) is 19.6 Å². The predicted molar refractivity (Wildman–Crippen MR) is 120 cm³/mol. The van der Waals surface area contributed by atoms with Gasteiger partial charge in [-0.1, -0.05) is 36.4 Å². The van der Waals surface area contributed by atoms with Crippen LogP contribution in [0.4, 0.5) is 0 Å². The van der Waals surface area contributed by atoms with Crippen molar-refractivity contribution in [3.8, 4) is 22.9 Å². The second kappa shape index (κ2) is 9.22. The Kier molecular flexibility index (Phi) is 6.03. The molecule has 0 aliphatic carbocycles. The highest BCUT2D eigenvalue weighted by atomic mass is 16.5. The van der Waals surface area contributed by atoms with Crippen LogP contribution in [0.2, 0.25) is 0 Å². The summed E-state index contributed by atoms with van der Waals surface area (Å²) in [4.78, 5) is 34.4. The fraction of sp³-hybridized carbons (Fsp3) is 0.0769. The number of nitrogens with zero attached hydrogens (tertiary/aromatic N) is 2. The second-order valence-corrected chi connectivity index (χ2v) is 7.11. The lowest BCUT2D eigenvalue weighted by atomic mass is 10.1. The van der Waals surface area contributed by atoms with Gasteiger partial charge in [0.1, 0.15) is 11.4 Å². The molecular weight excluding hydrogens is 404 g/mol. The Morgan fingerprint density at radius 3 is 1.31 bits per heavy atom. The van der Waals surface area contributed by atoms with Gasteiger partial charge in [-0.05, 0) is 62.4 Å². The van der Waals surface area contributed by atoms with E-state index in [0.29, 0.717) is 33.9 Å². The Morgan fingerprint density at radius 2 is 0.938 bits per heavy atom. The minimum Gasteiger partial charge on any atom is -0.421 e. The molecule has 0 aliphatic rings. The molecule has 0 radical (unpaired) electrons. The van der Waals surface area contributed by atoms with Crippen LogP contribution in [0.1, 0.15) is 32.1 Å². The van der Waals surface area contributed by atoms with Crippen LogP contribution < -0.4 is 9.47 Å². The number of esters is 2. The van der Waals surface area contributed by atoms with Crippen LogP contribution in [0, 0.1) is 13.8 Å². The topological polar surface area (TPSA) is 78.4 Å². The van der Waals surface area contributed by atoms with E-state index in [1.807, 2.05) is 26.0 Å². The Bertz CT molecular complexity index is 1170. The number of aryl methyl sites for hydroxylation is 2. The summed E-state index contributed by atoms with van der Waals surface area (Å²) < 4.78 is 11.3. The van der Waals surface area contributed by atoms with Crippen molar-refractivity contribution in [3.05, 3.63) is 107 Å². The van der Waals surface area contributed by atoms with E-state index in [0.717, 1.165) is 0 Å². The zero-order valence-electron chi connectivity index (χ0n) is 17.6. The zero-order valence-corrected chi connectivity index (χ0v) is 17.6.